The van der Waals surface area contributed by atoms with E-state index in [2.05, 4.69) is 0 Å². The van der Waals surface area contributed by atoms with E-state index in [1.807, 2.05) is 6.92 Å². The molecule has 0 bridgehead atoms. The van der Waals surface area contributed by atoms with E-state index in [-0.39, 0.29) is 18.0 Å². The molecule has 0 aliphatic carbocycles. The zero-order valence-electron chi connectivity index (χ0n) is 9.29. The highest BCUT2D eigenvalue weighted by atomic mass is 16.6. The van der Waals surface area contributed by atoms with Gasteiger partial charge in [0.1, 0.15) is 6.10 Å². The molecule has 14 heavy (non-hydrogen) atoms. The normalized spacial score (nSPS) is 14.9. The first-order valence-corrected chi connectivity index (χ1v) is 5.05. The molecule has 0 aliphatic heterocycles. The number of ether oxygens (including phenoxy) is 2. The first-order chi connectivity index (χ1) is 6.65. The SMILES string of the molecule is CCCC(CN)C(=O)OC(C)COC. The van der Waals surface area contributed by atoms with Gasteiger partial charge in [-0.05, 0) is 13.3 Å². The molecule has 0 rings (SSSR count). The van der Waals surface area contributed by atoms with Gasteiger partial charge in [-0.1, -0.05) is 13.3 Å². The number of hydrogen-bond donors (Lipinski definition) is 1. The van der Waals surface area contributed by atoms with Crippen LogP contribution < -0.4 is 5.73 Å². The van der Waals surface area contributed by atoms with E-state index in [1.165, 1.54) is 0 Å². The Morgan fingerprint density at radius 2 is 2.14 bits per heavy atom. The Bertz CT molecular complexity index is 161. The third-order valence-electron chi connectivity index (χ3n) is 1.97. The van der Waals surface area contributed by atoms with E-state index in [9.17, 15) is 4.79 Å². The second-order valence-electron chi connectivity index (χ2n) is 3.42. The molecule has 4 heteroatoms. The molecule has 0 amide bonds. The van der Waals surface area contributed by atoms with Crippen molar-refractivity contribution in [2.75, 3.05) is 20.3 Å². The lowest BCUT2D eigenvalue weighted by Crippen LogP contribution is -2.29. The number of hydrogen-bond acceptors (Lipinski definition) is 4. The number of carbonyl (C=O) groups is 1. The van der Waals surface area contributed by atoms with E-state index < -0.39 is 0 Å². The topological polar surface area (TPSA) is 61.6 Å². The molecule has 0 saturated carbocycles. The fourth-order valence-electron chi connectivity index (χ4n) is 1.24. The Kier molecular flexibility index (Phi) is 7.42. The maximum Gasteiger partial charge on any atom is 0.310 e. The second kappa shape index (κ2) is 7.76. The van der Waals surface area contributed by atoms with Crippen molar-refractivity contribution in [3.05, 3.63) is 0 Å². The minimum atomic E-state index is -0.209. The zero-order chi connectivity index (χ0) is 11.0. The van der Waals surface area contributed by atoms with Crippen LogP contribution in [0.1, 0.15) is 26.7 Å². The molecule has 0 aromatic heterocycles. The van der Waals surface area contributed by atoms with Crippen LogP contribution in [0.3, 0.4) is 0 Å². The zero-order valence-corrected chi connectivity index (χ0v) is 9.29. The average Bonchev–Trinajstić information content (AvgIpc) is 2.14. The van der Waals surface area contributed by atoms with Crippen LogP contribution in [0.5, 0.6) is 0 Å². The molecule has 2 atom stereocenters. The second-order valence-corrected chi connectivity index (χ2v) is 3.42. The van der Waals surface area contributed by atoms with Gasteiger partial charge in [0.25, 0.3) is 0 Å². The predicted octanol–water partition coefficient (Wildman–Crippen LogP) is 0.940. The summed E-state index contributed by atoms with van der Waals surface area (Å²) in [5.41, 5.74) is 5.48. The Morgan fingerprint density at radius 1 is 1.50 bits per heavy atom. The maximum atomic E-state index is 11.5. The van der Waals surface area contributed by atoms with Crippen LogP contribution in [0.25, 0.3) is 0 Å². The van der Waals surface area contributed by atoms with Crippen molar-refractivity contribution in [1.82, 2.24) is 0 Å². The summed E-state index contributed by atoms with van der Waals surface area (Å²) in [6.45, 7) is 4.61. The third kappa shape index (κ3) is 5.19. The predicted molar refractivity (Wildman–Crippen MR) is 54.9 cm³/mol. The van der Waals surface area contributed by atoms with Crippen molar-refractivity contribution in [2.24, 2.45) is 11.7 Å². The van der Waals surface area contributed by atoms with E-state index in [1.54, 1.807) is 14.0 Å². The largest absolute Gasteiger partial charge is 0.460 e. The Morgan fingerprint density at radius 3 is 2.57 bits per heavy atom. The van der Waals surface area contributed by atoms with Crippen LogP contribution in [0.15, 0.2) is 0 Å². The van der Waals surface area contributed by atoms with Crippen molar-refractivity contribution in [1.29, 1.82) is 0 Å². The molecule has 0 radical (unpaired) electrons. The number of rotatable bonds is 7. The lowest BCUT2D eigenvalue weighted by atomic mass is 10.0. The molecule has 0 aromatic carbocycles. The summed E-state index contributed by atoms with van der Waals surface area (Å²) < 4.78 is 10.0. The molecule has 84 valence electrons. The molecule has 0 heterocycles. The van der Waals surface area contributed by atoms with E-state index in [0.29, 0.717) is 13.2 Å². The van der Waals surface area contributed by atoms with Crippen molar-refractivity contribution in [2.45, 2.75) is 32.8 Å². The van der Waals surface area contributed by atoms with Gasteiger partial charge in [-0.3, -0.25) is 4.79 Å². The van der Waals surface area contributed by atoms with Crippen LogP contribution in [0.2, 0.25) is 0 Å². The van der Waals surface area contributed by atoms with Crippen molar-refractivity contribution in [3.63, 3.8) is 0 Å². The van der Waals surface area contributed by atoms with Gasteiger partial charge in [0.2, 0.25) is 0 Å². The van der Waals surface area contributed by atoms with Gasteiger partial charge < -0.3 is 15.2 Å². The van der Waals surface area contributed by atoms with Gasteiger partial charge in [0.05, 0.1) is 12.5 Å². The summed E-state index contributed by atoms with van der Waals surface area (Å²) in [5.74, 6) is -0.377. The molecule has 0 aliphatic rings. The van der Waals surface area contributed by atoms with Crippen molar-refractivity contribution in [3.8, 4) is 0 Å². The Balaban J connectivity index is 3.90. The summed E-state index contributed by atoms with van der Waals surface area (Å²) in [6.07, 6.45) is 1.53. The standard InChI is InChI=1S/C10H21NO3/c1-4-5-9(6-11)10(12)14-8(2)7-13-3/h8-9H,4-7,11H2,1-3H3. The van der Waals surface area contributed by atoms with Gasteiger partial charge in [-0.25, -0.2) is 0 Å². The third-order valence-corrected chi connectivity index (χ3v) is 1.97. The molecular weight excluding hydrogens is 182 g/mol. The Hall–Kier alpha value is -0.610. The minimum Gasteiger partial charge on any atom is -0.460 e. The number of nitrogens with two attached hydrogens (primary N) is 1. The molecular formula is C10H21NO3. The van der Waals surface area contributed by atoms with Crippen molar-refractivity contribution >= 4 is 5.97 Å². The van der Waals surface area contributed by atoms with Crippen molar-refractivity contribution < 1.29 is 14.3 Å². The molecule has 0 saturated heterocycles. The quantitative estimate of drug-likeness (QED) is 0.625. The first kappa shape index (κ1) is 13.4. The van der Waals surface area contributed by atoms with E-state index in [4.69, 9.17) is 15.2 Å². The first-order valence-electron chi connectivity index (χ1n) is 5.05. The Labute approximate surface area is 85.8 Å². The summed E-state index contributed by atoms with van der Waals surface area (Å²) in [4.78, 5) is 11.5. The fraction of sp³-hybridized carbons (Fsp3) is 0.900. The highest BCUT2D eigenvalue weighted by Crippen LogP contribution is 2.08. The van der Waals surface area contributed by atoms with Gasteiger partial charge in [0, 0.05) is 13.7 Å². The van der Waals surface area contributed by atoms with Gasteiger partial charge in [-0.2, -0.15) is 0 Å². The van der Waals surface area contributed by atoms with E-state index in [0.717, 1.165) is 12.8 Å². The average molecular weight is 203 g/mol. The molecule has 4 nitrogen and oxygen atoms in total. The minimum absolute atomic E-state index is 0.167. The van der Waals surface area contributed by atoms with Crippen LogP contribution in [-0.4, -0.2) is 32.3 Å². The highest BCUT2D eigenvalue weighted by molar-refractivity contribution is 5.72. The fourth-order valence-corrected chi connectivity index (χ4v) is 1.24. The van der Waals surface area contributed by atoms with Crippen LogP contribution in [0, 0.1) is 5.92 Å². The smallest absolute Gasteiger partial charge is 0.310 e. The molecule has 0 aromatic rings. The summed E-state index contributed by atoms with van der Waals surface area (Å²) in [6, 6.07) is 0. The number of esters is 1. The van der Waals surface area contributed by atoms with Crippen LogP contribution in [-0.2, 0) is 14.3 Å². The lowest BCUT2D eigenvalue weighted by molar-refractivity contribution is -0.155. The molecule has 2 N–H and O–H groups in total. The molecule has 0 fully saturated rings. The van der Waals surface area contributed by atoms with Crippen LogP contribution in [0.4, 0.5) is 0 Å². The number of methoxy groups -OCH3 is 1. The van der Waals surface area contributed by atoms with E-state index >= 15 is 0 Å². The maximum absolute atomic E-state index is 11.5. The molecule has 0 spiro atoms. The summed E-state index contributed by atoms with van der Waals surface area (Å²) in [5, 5.41) is 0. The van der Waals surface area contributed by atoms with Gasteiger partial charge in [0.15, 0.2) is 0 Å². The molecule has 2 unspecified atom stereocenters. The van der Waals surface area contributed by atoms with Gasteiger partial charge >= 0.3 is 5.97 Å². The summed E-state index contributed by atoms with van der Waals surface area (Å²) >= 11 is 0. The lowest BCUT2D eigenvalue weighted by Gasteiger charge is -2.17. The van der Waals surface area contributed by atoms with Gasteiger partial charge in [-0.15, -0.1) is 0 Å². The monoisotopic (exact) mass is 203 g/mol. The highest BCUT2D eigenvalue weighted by Gasteiger charge is 2.19. The number of carbonyl (C=O) groups excluding carboxylic acids is 1. The summed E-state index contributed by atoms with van der Waals surface area (Å²) in [7, 11) is 1.58. The van der Waals surface area contributed by atoms with Crippen LogP contribution >= 0.6 is 0 Å².